The van der Waals surface area contributed by atoms with Crippen molar-refractivity contribution in [2.45, 2.75) is 19.6 Å². The second kappa shape index (κ2) is 16.0. The minimum Gasteiger partial charge on any atom is -0.504 e. The zero-order valence-electron chi connectivity index (χ0n) is 28.5. The summed E-state index contributed by atoms with van der Waals surface area (Å²) in [6, 6.07) is 13.2. The molecule has 288 valence electrons. The molecule has 0 saturated heterocycles. The topological polar surface area (TPSA) is 333 Å². The molecule has 0 bridgehead atoms. The number of phenols is 2. The minimum absolute atomic E-state index is 0. The van der Waals surface area contributed by atoms with Gasteiger partial charge in [0.2, 0.25) is 0 Å². The third-order valence-corrected chi connectivity index (χ3v) is 11.3. The summed E-state index contributed by atoms with van der Waals surface area (Å²) in [4.78, 5) is 4.97. The summed E-state index contributed by atoms with van der Waals surface area (Å²) in [5, 5.41) is 36.1. The molecule has 0 radical (unpaired) electrons. The average Bonchev–Trinajstić information content (AvgIpc) is 3.12. The van der Waals surface area contributed by atoms with E-state index in [4.69, 9.17) is 0 Å². The number of azo groups is 2. The van der Waals surface area contributed by atoms with Crippen LogP contribution in [0.25, 0.3) is 34.0 Å². The van der Waals surface area contributed by atoms with Crippen LogP contribution >= 0.6 is 0 Å². The molecule has 6 rings (SSSR count). The molecule has 0 aliphatic heterocycles. The van der Waals surface area contributed by atoms with Crippen molar-refractivity contribution in [2.75, 3.05) is 0 Å². The number of pyridine rings is 2. The normalized spacial score (nSPS) is 12.9. The average molecular weight is 866 g/mol. The van der Waals surface area contributed by atoms with Gasteiger partial charge in [-0.05, 0) is 71.8 Å². The molecule has 25 heteroatoms. The largest absolute Gasteiger partial charge is 1.00 e. The Bertz CT molecular complexity index is 2970. The van der Waals surface area contributed by atoms with E-state index in [-0.39, 0.29) is 73.9 Å². The van der Waals surface area contributed by atoms with Crippen LogP contribution in [0.4, 0.5) is 22.7 Å². The first-order valence-corrected chi connectivity index (χ1v) is 20.8. The van der Waals surface area contributed by atoms with E-state index < -0.39 is 82.9 Å². The summed E-state index contributed by atoms with van der Waals surface area (Å²) in [6.07, 6.45) is 4.60. The maximum atomic E-state index is 12.4. The predicted molar refractivity (Wildman–Crippen MR) is 196 cm³/mol. The Morgan fingerprint density at radius 1 is 0.474 bits per heavy atom. The molecule has 0 aliphatic rings. The van der Waals surface area contributed by atoms with Crippen LogP contribution in [0.2, 0.25) is 0 Å². The van der Waals surface area contributed by atoms with Crippen molar-refractivity contribution in [3.8, 4) is 11.5 Å². The first kappa shape index (κ1) is 43.0. The van der Waals surface area contributed by atoms with Gasteiger partial charge in [0.1, 0.15) is 42.0 Å². The molecule has 0 aliphatic carbocycles. The number of fused-ring (bicyclic) bond motifs is 2. The summed E-state index contributed by atoms with van der Waals surface area (Å²) in [5.74, 6) is -1.24. The number of hydrogen-bond acceptors (Lipinski definition) is 16. The Morgan fingerprint density at radius 2 is 0.825 bits per heavy atom. The van der Waals surface area contributed by atoms with E-state index in [0.717, 1.165) is 48.6 Å². The fourth-order valence-corrected chi connectivity index (χ4v) is 8.06. The maximum absolute atomic E-state index is 12.4. The molecule has 2 aromatic heterocycles. The van der Waals surface area contributed by atoms with Gasteiger partial charge in [-0.1, -0.05) is 24.3 Å². The minimum atomic E-state index is -5.01. The first-order chi connectivity index (χ1) is 26.1. The maximum Gasteiger partial charge on any atom is 1.00 e. The third kappa shape index (κ3) is 9.37. The summed E-state index contributed by atoms with van der Waals surface area (Å²) in [7, 11) is -19.7. The molecule has 6 aromatic rings. The van der Waals surface area contributed by atoms with E-state index >= 15 is 0 Å². The zero-order chi connectivity index (χ0) is 40.8. The first-order valence-electron chi connectivity index (χ1n) is 15.0. The van der Waals surface area contributed by atoms with Crippen molar-refractivity contribution in [3.63, 3.8) is 0 Å². The number of benzene rings is 4. The van der Waals surface area contributed by atoms with Crippen LogP contribution in [-0.2, 0) is 40.5 Å². The molecule has 6 N–H and O–H groups in total. The summed E-state index contributed by atoms with van der Waals surface area (Å²) < 4.78 is 137. The van der Waals surface area contributed by atoms with Crippen LogP contribution in [-0.4, -0.2) is 72.1 Å². The van der Waals surface area contributed by atoms with Crippen molar-refractivity contribution in [1.29, 1.82) is 0 Å². The van der Waals surface area contributed by atoms with Crippen LogP contribution in [0.3, 0.4) is 0 Å². The molecule has 0 amide bonds. The van der Waals surface area contributed by atoms with Crippen molar-refractivity contribution in [1.82, 2.24) is 9.97 Å². The predicted octanol–water partition coefficient (Wildman–Crippen LogP) is 3.19. The number of rotatable bonds is 10. The van der Waals surface area contributed by atoms with E-state index in [2.05, 4.69) is 30.4 Å². The van der Waals surface area contributed by atoms with E-state index in [9.17, 15) is 62.1 Å². The molecular weight excluding hydrogens is 844 g/mol. The molecule has 0 unspecified atom stereocenters. The van der Waals surface area contributed by atoms with E-state index in [1.54, 1.807) is 0 Å². The van der Waals surface area contributed by atoms with Crippen LogP contribution < -0.4 is 29.6 Å². The number of hydrogen-bond donors (Lipinski definition) is 6. The smallest absolute Gasteiger partial charge is 0.504 e. The zero-order valence-corrected chi connectivity index (χ0v) is 33.8. The third-order valence-electron chi connectivity index (χ3n) is 7.71. The summed E-state index contributed by atoms with van der Waals surface area (Å²) in [5.41, 5.74) is -2.37. The number of aromatic hydroxyl groups is 2. The van der Waals surface area contributed by atoms with Gasteiger partial charge >= 0.3 is 29.6 Å². The molecule has 0 spiro atoms. The molecular formula is C32H22N6NaO14S4+. The van der Waals surface area contributed by atoms with E-state index in [0.29, 0.717) is 0 Å². The van der Waals surface area contributed by atoms with Gasteiger partial charge in [0.05, 0.1) is 11.4 Å². The van der Waals surface area contributed by atoms with Crippen LogP contribution in [0.15, 0.2) is 125 Å². The monoisotopic (exact) mass is 865 g/mol. The van der Waals surface area contributed by atoms with Gasteiger partial charge in [0.15, 0.2) is 11.5 Å². The second-order valence-electron chi connectivity index (χ2n) is 11.4. The quantitative estimate of drug-likeness (QED) is 0.0498. The molecule has 57 heavy (non-hydrogen) atoms. The standard InChI is InChI=1S/C32H22N6O14S4.Na/c39-31-23(15-27(55(47,48)49)21-3-1-11-33-29(21)31)37-35-19-9-7-17(25(13-19)53(41,42)43)5-6-18-8-10-20(14-26(18)54(44,45)46)36-38-24-16-28(56(50,51)52)22-4-2-12-34-30(22)32(24)40;/h1-16,39-40H,(H,41,42,43)(H,44,45,46)(H,47,48,49)(H,50,51,52);/q;+1/b6-5+,37-35?,38-36?;. The second-order valence-corrected chi connectivity index (χ2v) is 16.9. The van der Waals surface area contributed by atoms with Gasteiger partial charge < -0.3 is 10.2 Å². The van der Waals surface area contributed by atoms with E-state index in [1.807, 2.05) is 0 Å². The van der Waals surface area contributed by atoms with Crippen molar-refractivity contribution in [2.24, 2.45) is 20.5 Å². The van der Waals surface area contributed by atoms with E-state index in [1.165, 1.54) is 48.8 Å². The Labute approximate surface area is 344 Å². The molecule has 20 nitrogen and oxygen atoms in total. The van der Waals surface area contributed by atoms with Gasteiger partial charge in [-0.3, -0.25) is 28.2 Å². The van der Waals surface area contributed by atoms with Crippen molar-refractivity contribution >= 4 is 97.2 Å². The SMILES string of the molecule is O=S(=O)(O)c1cc(N=Nc2cc(S(=O)(=O)O)c3cccnc3c2O)ccc1/C=C/c1ccc(N=Nc2cc(S(=O)(=O)O)c3cccnc3c2O)cc1S(=O)(=O)O.[Na+]. The fraction of sp³-hybridized carbons (Fsp3) is 0. The Morgan fingerprint density at radius 3 is 1.16 bits per heavy atom. The summed E-state index contributed by atoms with van der Waals surface area (Å²) >= 11 is 0. The molecule has 0 saturated carbocycles. The van der Waals surface area contributed by atoms with Crippen molar-refractivity contribution < 1.29 is 91.7 Å². The van der Waals surface area contributed by atoms with Crippen molar-refractivity contribution in [3.05, 3.63) is 96.3 Å². The van der Waals surface area contributed by atoms with Gasteiger partial charge in [0.25, 0.3) is 40.5 Å². The van der Waals surface area contributed by atoms with Crippen LogP contribution in [0.1, 0.15) is 11.1 Å². The fourth-order valence-electron chi connectivity index (χ4n) is 5.24. The Balaban J connectivity index is 0.00000620. The molecule has 2 heterocycles. The molecule has 0 fully saturated rings. The molecule has 0 atom stereocenters. The van der Waals surface area contributed by atoms with Gasteiger partial charge in [0, 0.05) is 23.2 Å². The van der Waals surface area contributed by atoms with Gasteiger partial charge in [-0.25, -0.2) is 0 Å². The molecule has 4 aromatic carbocycles. The van der Waals surface area contributed by atoms with Crippen LogP contribution in [0, 0.1) is 0 Å². The van der Waals surface area contributed by atoms with Crippen LogP contribution in [0.5, 0.6) is 11.5 Å². The summed E-state index contributed by atoms with van der Waals surface area (Å²) in [6.45, 7) is 0. The number of phenolic OH excluding ortho intramolecular Hbond substituents is 2. The Kier molecular flexibility index (Phi) is 12.1. The Hall–Kier alpha value is -5.12. The van der Waals surface area contributed by atoms with Gasteiger partial charge in [-0.2, -0.15) is 43.9 Å². The number of aromatic nitrogens is 2. The number of nitrogens with zero attached hydrogens (tertiary/aromatic N) is 6. The van der Waals surface area contributed by atoms with Gasteiger partial charge in [-0.15, -0.1) is 10.2 Å².